The molecule has 0 spiro atoms. The minimum atomic E-state index is 0.0686. The van der Waals surface area contributed by atoms with Crippen molar-refractivity contribution < 1.29 is 4.74 Å². The number of anilines is 2. The predicted molar refractivity (Wildman–Crippen MR) is 72.8 cm³/mol. The van der Waals surface area contributed by atoms with Crippen molar-refractivity contribution in [3.05, 3.63) is 18.0 Å². The van der Waals surface area contributed by atoms with Gasteiger partial charge in [0.2, 0.25) is 0 Å². The van der Waals surface area contributed by atoms with Gasteiger partial charge < -0.3 is 15.8 Å². The minimum absolute atomic E-state index is 0.0686. The molecule has 0 saturated heterocycles. The molecular weight excluding hydrogens is 250 g/mol. The zero-order valence-electron chi connectivity index (χ0n) is 10.7. The van der Waals surface area contributed by atoms with Crippen LogP contribution >= 0.6 is 11.5 Å². The fourth-order valence-electron chi connectivity index (χ4n) is 1.48. The Balaban J connectivity index is 2.05. The summed E-state index contributed by atoms with van der Waals surface area (Å²) in [6.45, 7) is 4.54. The predicted octanol–water partition coefficient (Wildman–Crippen LogP) is 1.86. The molecule has 0 fully saturated rings. The van der Waals surface area contributed by atoms with Crippen molar-refractivity contribution >= 4 is 22.4 Å². The Labute approximate surface area is 110 Å². The molecule has 0 radical (unpaired) electrons. The molecule has 0 aliphatic rings. The van der Waals surface area contributed by atoms with Crippen LogP contribution in [0.1, 0.15) is 19.5 Å². The molecule has 0 aromatic carbocycles. The summed E-state index contributed by atoms with van der Waals surface area (Å²) in [6.07, 6.45) is 1.97. The van der Waals surface area contributed by atoms with Gasteiger partial charge in [0.1, 0.15) is 0 Å². The van der Waals surface area contributed by atoms with Gasteiger partial charge in [-0.3, -0.25) is 4.68 Å². The molecule has 2 rings (SSSR count). The number of nitrogens with zero attached hydrogens (tertiary/aromatic N) is 3. The molecular formula is C11H17N5OS. The average molecular weight is 267 g/mol. The summed E-state index contributed by atoms with van der Waals surface area (Å²) in [5, 5.41) is 8.37. The van der Waals surface area contributed by atoms with Gasteiger partial charge in [0, 0.05) is 13.2 Å². The van der Waals surface area contributed by atoms with E-state index in [0.717, 1.165) is 10.7 Å². The molecule has 0 saturated carbocycles. The van der Waals surface area contributed by atoms with Crippen molar-refractivity contribution in [1.29, 1.82) is 0 Å². The topological polar surface area (TPSA) is 78.0 Å². The molecule has 2 aromatic heterocycles. The summed E-state index contributed by atoms with van der Waals surface area (Å²) in [6, 6.07) is 1.96. The molecule has 0 bridgehead atoms. The summed E-state index contributed by atoms with van der Waals surface area (Å²) < 4.78 is 11.5. The summed E-state index contributed by atoms with van der Waals surface area (Å²) in [7, 11) is 1.89. The zero-order chi connectivity index (χ0) is 13.1. The van der Waals surface area contributed by atoms with Gasteiger partial charge in [0.25, 0.3) is 0 Å². The highest BCUT2D eigenvalue weighted by Gasteiger charge is 2.14. The first-order chi connectivity index (χ1) is 8.56. The third kappa shape index (κ3) is 2.92. The van der Waals surface area contributed by atoms with E-state index in [4.69, 9.17) is 10.5 Å². The Bertz CT molecular complexity index is 519. The molecule has 6 nitrogen and oxygen atoms in total. The molecule has 0 aliphatic heterocycles. The quantitative estimate of drug-likeness (QED) is 0.864. The second kappa shape index (κ2) is 5.26. The number of hydrogen-bond acceptors (Lipinski definition) is 6. The lowest BCUT2D eigenvalue weighted by molar-refractivity contribution is 0.245. The molecule has 0 amide bonds. The molecule has 0 unspecified atom stereocenters. The molecule has 2 heterocycles. The van der Waals surface area contributed by atoms with Gasteiger partial charge >= 0.3 is 0 Å². The molecule has 18 heavy (non-hydrogen) atoms. The SMILES string of the molecule is CC(C)Oc1c(N)nsc1NCc1ccn(C)n1. The summed E-state index contributed by atoms with van der Waals surface area (Å²) in [4.78, 5) is 0. The van der Waals surface area contributed by atoms with E-state index in [9.17, 15) is 0 Å². The minimum Gasteiger partial charge on any atom is -0.484 e. The van der Waals surface area contributed by atoms with Crippen LogP contribution in [-0.4, -0.2) is 20.3 Å². The van der Waals surface area contributed by atoms with Crippen molar-refractivity contribution in [3.8, 4) is 5.75 Å². The lowest BCUT2D eigenvalue weighted by atomic mass is 10.4. The van der Waals surface area contributed by atoms with E-state index in [2.05, 4.69) is 14.8 Å². The highest BCUT2D eigenvalue weighted by molar-refractivity contribution is 7.11. The van der Waals surface area contributed by atoms with E-state index in [1.807, 2.05) is 33.2 Å². The monoisotopic (exact) mass is 267 g/mol. The maximum Gasteiger partial charge on any atom is 0.197 e. The molecule has 3 N–H and O–H groups in total. The Kier molecular flexibility index (Phi) is 3.71. The van der Waals surface area contributed by atoms with E-state index in [1.54, 1.807) is 4.68 Å². The van der Waals surface area contributed by atoms with Gasteiger partial charge in [-0.1, -0.05) is 0 Å². The Morgan fingerprint density at radius 2 is 2.33 bits per heavy atom. The fourth-order valence-corrected chi connectivity index (χ4v) is 2.13. The van der Waals surface area contributed by atoms with Gasteiger partial charge in [0.05, 0.1) is 18.3 Å². The second-order valence-electron chi connectivity index (χ2n) is 4.23. The Morgan fingerprint density at radius 1 is 1.56 bits per heavy atom. The third-order valence-electron chi connectivity index (χ3n) is 2.23. The summed E-state index contributed by atoms with van der Waals surface area (Å²) >= 11 is 1.30. The van der Waals surface area contributed by atoms with Gasteiger partial charge in [-0.2, -0.15) is 9.47 Å². The number of aryl methyl sites for hydroxylation is 1. The van der Waals surface area contributed by atoms with Gasteiger partial charge in [-0.25, -0.2) is 0 Å². The van der Waals surface area contributed by atoms with E-state index < -0.39 is 0 Å². The van der Waals surface area contributed by atoms with Crippen LogP contribution in [0.15, 0.2) is 12.3 Å². The van der Waals surface area contributed by atoms with E-state index in [0.29, 0.717) is 18.1 Å². The first kappa shape index (κ1) is 12.7. The molecule has 98 valence electrons. The van der Waals surface area contributed by atoms with E-state index >= 15 is 0 Å². The fraction of sp³-hybridized carbons (Fsp3) is 0.455. The Hall–Kier alpha value is -1.76. The first-order valence-electron chi connectivity index (χ1n) is 5.70. The molecule has 7 heteroatoms. The Morgan fingerprint density at radius 3 is 2.94 bits per heavy atom. The molecule has 0 aliphatic carbocycles. The third-order valence-corrected chi connectivity index (χ3v) is 3.03. The summed E-state index contributed by atoms with van der Waals surface area (Å²) in [5.74, 6) is 1.06. The highest BCUT2D eigenvalue weighted by Crippen LogP contribution is 2.36. The van der Waals surface area contributed by atoms with Gasteiger partial charge in [-0.05, 0) is 31.4 Å². The van der Waals surface area contributed by atoms with Crippen LogP contribution in [0, 0.1) is 0 Å². The average Bonchev–Trinajstić information content (AvgIpc) is 2.85. The lowest BCUT2D eigenvalue weighted by Gasteiger charge is -2.11. The van der Waals surface area contributed by atoms with Crippen LogP contribution in [0.4, 0.5) is 10.8 Å². The van der Waals surface area contributed by atoms with Crippen LogP contribution in [0.25, 0.3) is 0 Å². The smallest absolute Gasteiger partial charge is 0.197 e. The van der Waals surface area contributed by atoms with Gasteiger partial charge in [0.15, 0.2) is 16.6 Å². The first-order valence-corrected chi connectivity index (χ1v) is 6.48. The number of nitrogen functional groups attached to an aromatic ring is 1. The maximum atomic E-state index is 5.78. The molecule has 2 aromatic rings. The normalized spacial score (nSPS) is 10.9. The number of nitrogens with two attached hydrogens (primary N) is 1. The van der Waals surface area contributed by atoms with Crippen LogP contribution in [0.2, 0.25) is 0 Å². The largest absolute Gasteiger partial charge is 0.484 e. The number of rotatable bonds is 5. The number of aromatic nitrogens is 3. The van der Waals surface area contributed by atoms with Crippen LogP contribution in [0.5, 0.6) is 5.75 Å². The number of ether oxygens (including phenoxy) is 1. The number of hydrogen-bond donors (Lipinski definition) is 2. The lowest BCUT2D eigenvalue weighted by Crippen LogP contribution is -2.09. The standard InChI is InChI=1S/C11H17N5OS/c1-7(2)17-9-10(12)15-18-11(9)13-6-8-4-5-16(3)14-8/h4-5,7,13H,6H2,1-3H3,(H2,12,15). The van der Waals surface area contributed by atoms with Crippen molar-refractivity contribution in [1.82, 2.24) is 14.2 Å². The second-order valence-corrected chi connectivity index (χ2v) is 5.00. The van der Waals surface area contributed by atoms with Gasteiger partial charge in [-0.15, -0.1) is 0 Å². The summed E-state index contributed by atoms with van der Waals surface area (Å²) in [5.41, 5.74) is 6.74. The van der Waals surface area contributed by atoms with Crippen molar-refractivity contribution in [2.24, 2.45) is 7.05 Å². The number of nitrogens with one attached hydrogen (secondary N) is 1. The van der Waals surface area contributed by atoms with Crippen molar-refractivity contribution in [2.75, 3.05) is 11.1 Å². The van der Waals surface area contributed by atoms with Crippen molar-refractivity contribution in [2.45, 2.75) is 26.5 Å². The molecule has 0 atom stereocenters. The van der Waals surface area contributed by atoms with E-state index in [-0.39, 0.29) is 6.10 Å². The highest BCUT2D eigenvalue weighted by atomic mass is 32.1. The van der Waals surface area contributed by atoms with Crippen LogP contribution < -0.4 is 15.8 Å². The maximum absolute atomic E-state index is 5.78. The zero-order valence-corrected chi connectivity index (χ0v) is 11.5. The van der Waals surface area contributed by atoms with Crippen LogP contribution in [0.3, 0.4) is 0 Å². The van der Waals surface area contributed by atoms with Crippen LogP contribution in [-0.2, 0) is 13.6 Å². The van der Waals surface area contributed by atoms with Crippen molar-refractivity contribution in [3.63, 3.8) is 0 Å². The van der Waals surface area contributed by atoms with E-state index in [1.165, 1.54) is 11.5 Å².